The fraction of sp³-hybridized carbons (Fsp3) is 0.167. The van der Waals surface area contributed by atoms with Crippen molar-refractivity contribution < 1.29 is 8.42 Å². The maximum Gasteiger partial charge on any atom is 0.244 e. The van der Waals surface area contributed by atoms with Gasteiger partial charge in [0, 0.05) is 12.1 Å². The molecule has 106 valence electrons. The largest absolute Gasteiger partial charge is 0.389 e. The second-order valence-corrected chi connectivity index (χ2v) is 6.42. The molecule has 0 spiro atoms. The number of nitrogens with one attached hydrogen (secondary N) is 2. The molecule has 0 aliphatic rings. The zero-order valence-electron chi connectivity index (χ0n) is 10.8. The summed E-state index contributed by atoms with van der Waals surface area (Å²) in [7, 11) is -3.57. The lowest BCUT2D eigenvalue weighted by Crippen LogP contribution is -2.23. The van der Waals surface area contributed by atoms with Crippen LogP contribution in [0.5, 0.6) is 0 Å². The average Bonchev–Trinajstić information content (AvgIpc) is 2.84. The number of H-pyrrole nitrogens is 1. The number of aromatic nitrogens is 2. The van der Waals surface area contributed by atoms with Crippen molar-refractivity contribution in [2.24, 2.45) is 5.73 Å². The van der Waals surface area contributed by atoms with Crippen LogP contribution in [0.1, 0.15) is 16.8 Å². The van der Waals surface area contributed by atoms with Crippen LogP contribution in [0.15, 0.2) is 35.4 Å². The summed E-state index contributed by atoms with van der Waals surface area (Å²) in [4.78, 5) is 0.461. The van der Waals surface area contributed by atoms with Crippen LogP contribution < -0.4 is 10.5 Å². The van der Waals surface area contributed by atoms with Crippen LogP contribution in [0.3, 0.4) is 0 Å². The molecule has 0 aliphatic heterocycles. The smallest absolute Gasteiger partial charge is 0.244 e. The third-order valence-electron chi connectivity index (χ3n) is 2.78. The maximum absolute atomic E-state index is 12.1. The van der Waals surface area contributed by atoms with E-state index in [0.29, 0.717) is 10.7 Å². The third kappa shape index (κ3) is 3.21. The SMILES string of the molecule is Cc1[nH]ncc1S(=O)(=O)NCc1ccc(C(N)=S)cc1. The molecule has 20 heavy (non-hydrogen) atoms. The fourth-order valence-electron chi connectivity index (χ4n) is 1.65. The van der Waals surface area contributed by atoms with Crippen molar-refractivity contribution in [1.82, 2.24) is 14.9 Å². The second-order valence-electron chi connectivity index (χ2n) is 4.24. The number of thiocarbonyl (C=S) groups is 1. The van der Waals surface area contributed by atoms with E-state index >= 15 is 0 Å². The van der Waals surface area contributed by atoms with E-state index in [1.165, 1.54) is 6.20 Å². The molecule has 0 atom stereocenters. The average molecular weight is 310 g/mol. The number of aryl methyl sites for hydroxylation is 1. The molecule has 0 saturated carbocycles. The standard InChI is InChI=1S/C12H14N4O2S2/c1-8-11(7-14-16-8)20(17,18)15-6-9-2-4-10(5-3-9)12(13)19/h2-5,7,15H,6H2,1H3,(H2,13,19)(H,14,16). The van der Waals surface area contributed by atoms with Gasteiger partial charge in [0.1, 0.15) is 9.88 Å². The summed E-state index contributed by atoms with van der Waals surface area (Å²) in [6.07, 6.45) is 1.29. The van der Waals surface area contributed by atoms with Crippen molar-refractivity contribution in [1.29, 1.82) is 0 Å². The monoisotopic (exact) mass is 310 g/mol. The lowest BCUT2D eigenvalue weighted by atomic mass is 10.1. The Morgan fingerprint density at radius 3 is 2.55 bits per heavy atom. The van der Waals surface area contributed by atoms with Gasteiger partial charge >= 0.3 is 0 Å². The Bertz CT molecular complexity index is 720. The van der Waals surface area contributed by atoms with Crippen LogP contribution in [0.25, 0.3) is 0 Å². The van der Waals surface area contributed by atoms with E-state index in [-0.39, 0.29) is 11.4 Å². The Hall–Kier alpha value is -1.77. The van der Waals surface area contributed by atoms with E-state index in [1.54, 1.807) is 31.2 Å². The van der Waals surface area contributed by atoms with E-state index in [9.17, 15) is 8.42 Å². The van der Waals surface area contributed by atoms with Crippen LogP contribution in [-0.2, 0) is 16.6 Å². The molecule has 0 saturated heterocycles. The van der Waals surface area contributed by atoms with E-state index in [2.05, 4.69) is 14.9 Å². The zero-order chi connectivity index (χ0) is 14.8. The van der Waals surface area contributed by atoms with Gasteiger partial charge in [-0.1, -0.05) is 36.5 Å². The summed E-state index contributed by atoms with van der Waals surface area (Å²) in [5.41, 5.74) is 7.56. The predicted molar refractivity (Wildman–Crippen MR) is 79.7 cm³/mol. The minimum atomic E-state index is -3.57. The number of rotatable bonds is 5. The van der Waals surface area contributed by atoms with Crippen LogP contribution in [0.4, 0.5) is 0 Å². The topological polar surface area (TPSA) is 101 Å². The Labute approximate surface area is 122 Å². The summed E-state index contributed by atoms with van der Waals surface area (Å²) in [5.74, 6) is 0. The Morgan fingerprint density at radius 1 is 1.40 bits per heavy atom. The van der Waals surface area contributed by atoms with Gasteiger partial charge in [0.05, 0.1) is 11.9 Å². The Balaban J connectivity index is 2.09. The van der Waals surface area contributed by atoms with Crippen LogP contribution in [0, 0.1) is 6.92 Å². The minimum Gasteiger partial charge on any atom is -0.389 e. The second kappa shape index (κ2) is 5.70. The van der Waals surface area contributed by atoms with Gasteiger partial charge in [-0.05, 0) is 12.5 Å². The molecular formula is C12H14N4O2S2. The summed E-state index contributed by atoms with van der Waals surface area (Å²) in [6.45, 7) is 1.84. The zero-order valence-corrected chi connectivity index (χ0v) is 12.4. The molecular weight excluding hydrogens is 296 g/mol. The highest BCUT2D eigenvalue weighted by Crippen LogP contribution is 2.12. The highest BCUT2D eigenvalue weighted by Gasteiger charge is 2.17. The lowest BCUT2D eigenvalue weighted by Gasteiger charge is -2.06. The van der Waals surface area contributed by atoms with Gasteiger partial charge < -0.3 is 5.73 Å². The Morgan fingerprint density at radius 2 is 2.05 bits per heavy atom. The van der Waals surface area contributed by atoms with E-state index in [4.69, 9.17) is 18.0 Å². The molecule has 0 radical (unpaired) electrons. The number of hydrogen-bond acceptors (Lipinski definition) is 4. The quantitative estimate of drug-likeness (QED) is 0.710. The molecule has 0 fully saturated rings. The predicted octanol–water partition coefficient (Wildman–Crippen LogP) is 0.831. The van der Waals surface area contributed by atoms with Crippen LogP contribution in [-0.4, -0.2) is 23.6 Å². The first-order chi connectivity index (χ1) is 9.40. The molecule has 4 N–H and O–H groups in total. The van der Waals surface area contributed by atoms with Gasteiger partial charge in [-0.25, -0.2) is 13.1 Å². The van der Waals surface area contributed by atoms with E-state index in [0.717, 1.165) is 11.1 Å². The summed E-state index contributed by atoms with van der Waals surface area (Å²) >= 11 is 4.85. The van der Waals surface area contributed by atoms with Crippen molar-refractivity contribution in [2.45, 2.75) is 18.4 Å². The van der Waals surface area contributed by atoms with Gasteiger partial charge in [0.2, 0.25) is 10.0 Å². The number of nitrogens with two attached hydrogens (primary N) is 1. The highest BCUT2D eigenvalue weighted by molar-refractivity contribution is 7.89. The molecule has 0 unspecified atom stereocenters. The van der Waals surface area contributed by atoms with Crippen LogP contribution in [0.2, 0.25) is 0 Å². The lowest BCUT2D eigenvalue weighted by molar-refractivity contribution is 0.581. The van der Waals surface area contributed by atoms with E-state index in [1.807, 2.05) is 0 Å². The molecule has 1 heterocycles. The van der Waals surface area contributed by atoms with Gasteiger partial charge in [0.25, 0.3) is 0 Å². The number of aromatic amines is 1. The van der Waals surface area contributed by atoms with Gasteiger partial charge in [0.15, 0.2) is 0 Å². The van der Waals surface area contributed by atoms with Gasteiger partial charge in [-0.15, -0.1) is 0 Å². The molecule has 8 heteroatoms. The molecule has 0 amide bonds. The highest BCUT2D eigenvalue weighted by atomic mass is 32.2. The normalized spacial score (nSPS) is 11.4. The molecule has 0 aliphatic carbocycles. The first-order valence-corrected chi connectivity index (χ1v) is 7.67. The van der Waals surface area contributed by atoms with Crippen LogP contribution >= 0.6 is 12.2 Å². The maximum atomic E-state index is 12.1. The number of nitrogens with zero attached hydrogens (tertiary/aromatic N) is 1. The molecule has 2 aromatic rings. The summed E-state index contributed by atoms with van der Waals surface area (Å²) in [5, 5.41) is 6.30. The molecule has 1 aromatic carbocycles. The fourth-order valence-corrected chi connectivity index (χ4v) is 2.94. The van der Waals surface area contributed by atoms with E-state index < -0.39 is 10.0 Å². The number of benzene rings is 1. The van der Waals surface area contributed by atoms with Crippen molar-refractivity contribution in [2.75, 3.05) is 0 Å². The summed E-state index contributed by atoms with van der Waals surface area (Å²) in [6, 6.07) is 7.07. The first-order valence-electron chi connectivity index (χ1n) is 5.78. The van der Waals surface area contributed by atoms with Crippen molar-refractivity contribution in [3.05, 3.63) is 47.3 Å². The Kier molecular flexibility index (Phi) is 4.17. The molecule has 2 rings (SSSR count). The third-order valence-corrected chi connectivity index (χ3v) is 4.53. The van der Waals surface area contributed by atoms with Gasteiger partial charge in [-0.2, -0.15) is 5.10 Å². The number of sulfonamides is 1. The van der Waals surface area contributed by atoms with Crippen molar-refractivity contribution in [3.8, 4) is 0 Å². The van der Waals surface area contributed by atoms with Crippen molar-refractivity contribution in [3.63, 3.8) is 0 Å². The minimum absolute atomic E-state index is 0.150. The molecule has 1 aromatic heterocycles. The molecule has 0 bridgehead atoms. The van der Waals surface area contributed by atoms with Gasteiger partial charge in [-0.3, -0.25) is 5.10 Å². The van der Waals surface area contributed by atoms with Crippen molar-refractivity contribution >= 4 is 27.2 Å². The number of hydrogen-bond donors (Lipinski definition) is 3. The first kappa shape index (κ1) is 14.6. The summed E-state index contributed by atoms with van der Waals surface area (Å²) < 4.78 is 26.6. The molecule has 6 nitrogen and oxygen atoms in total.